The molecule has 2 saturated heterocycles. The van der Waals surface area contributed by atoms with Crippen LogP contribution in [-0.2, 0) is 42.9 Å². The number of nitrogens with zero attached hydrogens (tertiary/aromatic N) is 1. The van der Waals surface area contributed by atoms with Crippen LogP contribution < -0.4 is 0 Å². The molecule has 1 aromatic rings. The van der Waals surface area contributed by atoms with Gasteiger partial charge < -0.3 is 34.1 Å². The summed E-state index contributed by atoms with van der Waals surface area (Å²) in [6, 6.07) is 2.91. The van der Waals surface area contributed by atoms with Crippen LogP contribution in [0.1, 0.15) is 141 Å². The molecular formula is C55H80FNO11S. The second kappa shape index (κ2) is 25.6. The van der Waals surface area contributed by atoms with E-state index >= 15 is 4.39 Å². The molecule has 4 aliphatic rings. The van der Waals surface area contributed by atoms with E-state index < -0.39 is 77.8 Å². The number of methoxy groups -OCH3 is 2. The van der Waals surface area contributed by atoms with Crippen LogP contribution in [0.5, 0.6) is 0 Å². The highest BCUT2D eigenvalue weighted by atomic mass is 32.1. The van der Waals surface area contributed by atoms with E-state index in [-0.39, 0.29) is 60.7 Å². The molecule has 2 bridgehead atoms. The maximum absolute atomic E-state index is 17.4. The Morgan fingerprint density at radius 1 is 0.884 bits per heavy atom. The number of hydrogen-bond donors (Lipinski definition) is 2. The lowest BCUT2D eigenvalue weighted by molar-refractivity contribution is -0.229. The Kier molecular flexibility index (Phi) is 20.9. The van der Waals surface area contributed by atoms with Crippen LogP contribution in [-0.4, -0.2) is 114 Å². The number of ether oxygens (including phenoxy) is 4. The normalized spacial score (nSPS) is 38.8. The van der Waals surface area contributed by atoms with Gasteiger partial charge in [0.25, 0.3) is 17.5 Å². The summed E-state index contributed by atoms with van der Waals surface area (Å²) in [6.07, 6.45) is 11.5. The number of alkyl halides is 1. The summed E-state index contributed by atoms with van der Waals surface area (Å²) >= 11 is 1.64. The number of carbonyl (C=O) groups is 5. The molecule has 4 heterocycles. The number of piperidine rings is 1. The number of cyclic esters (lactones) is 1. The van der Waals surface area contributed by atoms with Gasteiger partial charge in [-0.3, -0.25) is 19.2 Å². The lowest BCUT2D eigenvalue weighted by Gasteiger charge is -2.41. The Balaban J connectivity index is 1.50. The molecule has 5 rings (SSSR count). The van der Waals surface area contributed by atoms with E-state index in [9.17, 15) is 34.2 Å². The predicted molar refractivity (Wildman–Crippen MR) is 265 cm³/mol. The average Bonchev–Trinajstić information content (AvgIpc) is 3.76. The highest BCUT2D eigenvalue weighted by molar-refractivity contribution is 7.12. The number of hydrogen-bond acceptors (Lipinski definition) is 12. The quantitative estimate of drug-likeness (QED) is 0.159. The molecule has 3 fully saturated rings. The monoisotopic (exact) mass is 982 g/mol. The molecule has 1 aliphatic carbocycles. The largest absolute Gasteiger partial charge is 0.460 e. The maximum Gasteiger partial charge on any atom is 0.329 e. The van der Waals surface area contributed by atoms with Crippen LogP contribution in [0.15, 0.2) is 59.7 Å². The number of aliphatic hydroxyl groups excluding tert-OH is 2. The van der Waals surface area contributed by atoms with E-state index in [1.807, 2.05) is 71.1 Å². The van der Waals surface area contributed by atoms with Crippen molar-refractivity contribution >= 4 is 40.6 Å². The molecule has 384 valence electrons. The van der Waals surface area contributed by atoms with Crippen LogP contribution in [0, 0.1) is 42.4 Å². The molecule has 0 spiro atoms. The van der Waals surface area contributed by atoms with E-state index in [0.29, 0.717) is 69.8 Å². The fourth-order valence-corrected chi connectivity index (χ4v) is 11.9. The molecule has 3 aliphatic heterocycles. The average molecular weight is 982 g/mol. The van der Waals surface area contributed by atoms with Crippen molar-refractivity contribution in [1.29, 1.82) is 0 Å². The van der Waals surface area contributed by atoms with Gasteiger partial charge in [0.2, 0.25) is 0 Å². The number of thiophene rings is 1. The van der Waals surface area contributed by atoms with Gasteiger partial charge in [-0.15, -0.1) is 11.3 Å². The van der Waals surface area contributed by atoms with Gasteiger partial charge in [0.05, 0.1) is 18.3 Å². The molecule has 14 heteroatoms. The van der Waals surface area contributed by atoms with E-state index in [1.165, 1.54) is 7.11 Å². The van der Waals surface area contributed by atoms with Gasteiger partial charge in [0.1, 0.15) is 30.1 Å². The van der Waals surface area contributed by atoms with Crippen LogP contribution >= 0.6 is 11.3 Å². The summed E-state index contributed by atoms with van der Waals surface area (Å²) in [5, 5.41) is 22.0. The fourth-order valence-electron chi connectivity index (χ4n) is 10.8. The van der Waals surface area contributed by atoms with Crippen molar-refractivity contribution in [3.63, 3.8) is 0 Å². The minimum Gasteiger partial charge on any atom is -0.460 e. The van der Waals surface area contributed by atoms with Crippen LogP contribution in [0.25, 0.3) is 0 Å². The van der Waals surface area contributed by atoms with Crippen LogP contribution in [0.3, 0.4) is 0 Å². The molecule has 2 N–H and O–H groups in total. The minimum atomic E-state index is -2.92. The topological polar surface area (TPSA) is 166 Å². The summed E-state index contributed by atoms with van der Waals surface area (Å²) in [6.45, 7) is 14.7. The van der Waals surface area contributed by atoms with Gasteiger partial charge in [-0.05, 0) is 127 Å². The van der Waals surface area contributed by atoms with Crippen molar-refractivity contribution < 1.29 is 57.5 Å². The number of carbonyl (C=O) groups excluding carboxylic acids is 5. The van der Waals surface area contributed by atoms with Gasteiger partial charge in [0, 0.05) is 60.6 Å². The Bertz CT molecular complexity index is 2060. The summed E-state index contributed by atoms with van der Waals surface area (Å²) in [7, 11) is 2.95. The standard InChI is InChI=1S/C55H80FNO11S/c1-32-16-12-11-13-17-33(2)42(48-24-20-39(8)69-48)30-41-22-19-38(7)55(56,68-41)52(62)53(63)57-25-15-14-18-43(57)54(64)67-46(35(4)28-40-21-23-44(58)47(29-40)65-9)31-45(59)34(3)27-37(6)50(61)51(66-10)49(60)36(5)26-32/h11-13,16-17,20,24,27,32,34-36,38,40-44,46-47,50-51,58,61H,14-15,18-19,21-23,25-26,28-31H2,1-10H3/b13-11+,16-12+,33-17+,37-27+/t32-,34-,35-,36-,38-,40+,41+,42+,43+,44-,46+,47-,50-,51+,55-/m1/s1. The summed E-state index contributed by atoms with van der Waals surface area (Å²) in [5.41, 5.74) is 1.39. The van der Waals surface area contributed by atoms with Crippen molar-refractivity contribution in [2.75, 3.05) is 20.8 Å². The maximum atomic E-state index is 17.4. The smallest absolute Gasteiger partial charge is 0.329 e. The number of rotatable bonds is 6. The van der Waals surface area contributed by atoms with E-state index in [4.69, 9.17) is 18.9 Å². The Morgan fingerprint density at radius 3 is 2.30 bits per heavy atom. The zero-order valence-electron chi connectivity index (χ0n) is 42.7. The summed E-state index contributed by atoms with van der Waals surface area (Å²) in [4.78, 5) is 74.4. The third-order valence-corrected chi connectivity index (χ3v) is 16.4. The minimum absolute atomic E-state index is 0.0122. The van der Waals surface area contributed by atoms with Gasteiger partial charge in [-0.2, -0.15) is 0 Å². The molecule has 12 nitrogen and oxygen atoms in total. The molecule has 1 aromatic heterocycles. The van der Waals surface area contributed by atoms with Crippen LogP contribution in [0.4, 0.5) is 4.39 Å². The number of esters is 1. The molecule has 0 radical (unpaired) electrons. The van der Waals surface area contributed by atoms with E-state index in [2.05, 4.69) is 6.07 Å². The molecule has 15 atom stereocenters. The van der Waals surface area contributed by atoms with E-state index in [1.54, 1.807) is 45.3 Å². The number of fused-ring (bicyclic) bond motifs is 3. The van der Waals surface area contributed by atoms with Crippen molar-refractivity contribution in [1.82, 2.24) is 4.90 Å². The Hall–Kier alpha value is -3.66. The number of Topliss-reactive ketones (excluding diaryl/α,β-unsaturated/α-hetero) is 3. The number of ketones is 3. The highest BCUT2D eigenvalue weighted by Crippen LogP contribution is 2.43. The fraction of sp³-hybridized carbons (Fsp3) is 0.691. The second-order valence-corrected chi connectivity index (χ2v) is 22.1. The molecule has 1 saturated carbocycles. The molecule has 1 amide bonds. The zero-order valence-corrected chi connectivity index (χ0v) is 43.5. The third kappa shape index (κ3) is 14.5. The molecule has 0 aromatic carbocycles. The number of aliphatic hydroxyl groups is 2. The van der Waals surface area contributed by atoms with Crippen LogP contribution in [0.2, 0.25) is 0 Å². The first-order valence-corrected chi connectivity index (χ1v) is 26.2. The predicted octanol–water partition coefficient (Wildman–Crippen LogP) is 9.30. The number of amides is 1. The number of halogens is 1. The van der Waals surface area contributed by atoms with Gasteiger partial charge in [-0.25, -0.2) is 9.18 Å². The van der Waals surface area contributed by atoms with Crippen molar-refractivity contribution in [3.05, 3.63) is 69.5 Å². The second-order valence-electron chi connectivity index (χ2n) is 20.8. The highest BCUT2D eigenvalue weighted by Gasteiger charge is 2.55. The molecule has 0 unspecified atom stereocenters. The first-order chi connectivity index (χ1) is 32.7. The SMILES string of the molecule is CO[C@@H]1C[C@H](C[C@@H](C)[C@@H]2CC(=O)[C@H](C)/C=C(\C)[C@@H](O)[C@@H](OC)C(=O)[C@H](C)C[C@H](C)/C=C/C=C/C=C(\C)[C@@H](c3ccc(C)s3)C[C@@H]3CC[C@@H](C)[C@@](F)(O3)C(=O)C(=O)N3CCCC[C@H]3C(=O)O2)CC[C@H]1O. The number of aryl methyl sites for hydroxylation is 1. The first-order valence-electron chi connectivity index (χ1n) is 25.4. The Morgan fingerprint density at radius 2 is 1.62 bits per heavy atom. The van der Waals surface area contributed by atoms with Gasteiger partial charge >= 0.3 is 5.97 Å². The zero-order chi connectivity index (χ0) is 50.7. The summed E-state index contributed by atoms with van der Waals surface area (Å²) < 4.78 is 41.0. The lowest BCUT2D eigenvalue weighted by Crippen LogP contribution is -2.59. The van der Waals surface area contributed by atoms with Crippen molar-refractivity contribution in [3.8, 4) is 0 Å². The van der Waals surface area contributed by atoms with Crippen molar-refractivity contribution in [2.24, 2.45) is 35.5 Å². The molecule has 69 heavy (non-hydrogen) atoms. The first kappa shape index (κ1) is 56.3. The van der Waals surface area contributed by atoms with Gasteiger partial charge in [-0.1, -0.05) is 76.6 Å². The lowest BCUT2D eigenvalue weighted by atomic mass is 9.78. The molecular weight excluding hydrogens is 902 g/mol. The van der Waals surface area contributed by atoms with Crippen molar-refractivity contribution in [2.45, 2.75) is 187 Å². The third-order valence-electron chi connectivity index (χ3n) is 15.3. The summed E-state index contributed by atoms with van der Waals surface area (Å²) in [5.74, 6) is -9.22. The van der Waals surface area contributed by atoms with Gasteiger partial charge in [0.15, 0.2) is 5.78 Å². The number of allylic oxidation sites excluding steroid dienone is 7. The Labute approximate surface area is 414 Å². The van der Waals surface area contributed by atoms with E-state index in [0.717, 1.165) is 20.2 Å².